The van der Waals surface area contributed by atoms with Gasteiger partial charge in [0.1, 0.15) is 18.4 Å². The Labute approximate surface area is 115 Å². The first-order chi connectivity index (χ1) is 9.04. The molecule has 0 aliphatic heterocycles. The van der Waals surface area contributed by atoms with Crippen LogP contribution in [0.2, 0.25) is 0 Å². The van der Waals surface area contributed by atoms with Crippen LogP contribution >= 0.6 is 0 Å². The van der Waals surface area contributed by atoms with E-state index < -0.39 is 6.04 Å². The van der Waals surface area contributed by atoms with Crippen molar-refractivity contribution in [1.82, 2.24) is 5.32 Å². The Balaban J connectivity index is 2.62. The summed E-state index contributed by atoms with van der Waals surface area (Å²) >= 11 is 0. The molecule has 1 rings (SSSR count). The van der Waals surface area contributed by atoms with Gasteiger partial charge < -0.3 is 9.47 Å². The lowest BCUT2D eigenvalue weighted by atomic mass is 10.2. The molecule has 1 N–H and O–H groups in total. The highest BCUT2D eigenvalue weighted by Gasteiger charge is 2.21. The molecule has 0 bridgehead atoms. The lowest BCUT2D eigenvalue weighted by Gasteiger charge is -2.20. The van der Waals surface area contributed by atoms with Gasteiger partial charge in [-0.1, -0.05) is 32.0 Å². The maximum absolute atomic E-state index is 11.8. The number of carbonyl (C=O) groups excluding carboxylic acids is 1. The van der Waals surface area contributed by atoms with Gasteiger partial charge >= 0.3 is 5.97 Å². The fraction of sp³-hybridized carbons (Fsp3) is 0.533. The van der Waals surface area contributed by atoms with Gasteiger partial charge in [0.2, 0.25) is 0 Å². The van der Waals surface area contributed by atoms with Crippen molar-refractivity contribution >= 4 is 5.97 Å². The summed E-state index contributed by atoms with van der Waals surface area (Å²) in [6, 6.07) is 7.49. The third kappa shape index (κ3) is 5.30. The van der Waals surface area contributed by atoms with E-state index in [1.165, 1.54) is 0 Å². The summed E-state index contributed by atoms with van der Waals surface area (Å²) in [6.07, 6.45) is 0. The molecule has 0 aliphatic rings. The first kappa shape index (κ1) is 15.5. The van der Waals surface area contributed by atoms with Crippen molar-refractivity contribution in [1.29, 1.82) is 0 Å². The highest BCUT2D eigenvalue weighted by molar-refractivity contribution is 5.76. The fourth-order valence-corrected chi connectivity index (χ4v) is 1.72. The van der Waals surface area contributed by atoms with E-state index in [0.29, 0.717) is 6.61 Å². The zero-order valence-corrected chi connectivity index (χ0v) is 12.1. The first-order valence-electron chi connectivity index (χ1n) is 6.65. The van der Waals surface area contributed by atoms with Crippen molar-refractivity contribution < 1.29 is 14.3 Å². The number of aryl methyl sites for hydroxylation is 1. The Morgan fingerprint density at radius 2 is 2.00 bits per heavy atom. The third-order valence-corrected chi connectivity index (χ3v) is 2.60. The van der Waals surface area contributed by atoms with Crippen LogP contribution in [-0.2, 0) is 9.53 Å². The van der Waals surface area contributed by atoms with Gasteiger partial charge in [0.25, 0.3) is 0 Å². The zero-order valence-electron chi connectivity index (χ0n) is 12.1. The quantitative estimate of drug-likeness (QED) is 0.769. The molecule has 0 aromatic heterocycles. The van der Waals surface area contributed by atoms with Gasteiger partial charge in [0.15, 0.2) is 0 Å². The van der Waals surface area contributed by atoms with Crippen LogP contribution in [0, 0.1) is 6.92 Å². The normalized spacial score (nSPS) is 12.3. The van der Waals surface area contributed by atoms with Crippen molar-refractivity contribution in [3.05, 3.63) is 29.8 Å². The molecule has 0 fully saturated rings. The van der Waals surface area contributed by atoms with Crippen LogP contribution in [0.1, 0.15) is 26.3 Å². The van der Waals surface area contributed by atoms with Crippen LogP contribution in [-0.4, -0.2) is 31.3 Å². The van der Waals surface area contributed by atoms with E-state index in [1.807, 2.05) is 45.0 Å². The van der Waals surface area contributed by atoms with Gasteiger partial charge in [0, 0.05) is 6.04 Å². The van der Waals surface area contributed by atoms with Gasteiger partial charge in [-0.2, -0.15) is 0 Å². The van der Waals surface area contributed by atoms with Crippen LogP contribution in [0.5, 0.6) is 5.75 Å². The van der Waals surface area contributed by atoms with Crippen LogP contribution in [0.4, 0.5) is 0 Å². The number of rotatable bonds is 7. The molecule has 1 aromatic carbocycles. The van der Waals surface area contributed by atoms with E-state index >= 15 is 0 Å². The molecule has 106 valence electrons. The monoisotopic (exact) mass is 265 g/mol. The third-order valence-electron chi connectivity index (χ3n) is 2.60. The van der Waals surface area contributed by atoms with Crippen LogP contribution in [0.3, 0.4) is 0 Å². The number of nitrogens with one attached hydrogen (secondary N) is 1. The predicted octanol–water partition coefficient (Wildman–Crippen LogP) is 2.30. The number of hydrogen-bond acceptors (Lipinski definition) is 4. The molecule has 0 saturated heterocycles. The molecule has 0 aliphatic carbocycles. The van der Waals surface area contributed by atoms with E-state index in [-0.39, 0.29) is 18.6 Å². The Bertz CT molecular complexity index is 404. The van der Waals surface area contributed by atoms with Crippen LogP contribution in [0.25, 0.3) is 0 Å². The standard InChI is InChI=1S/C15H23NO3/c1-5-18-15(17)13(16-11(2)3)10-19-14-9-7-6-8-12(14)4/h6-9,11,13,16H,5,10H2,1-4H3. The largest absolute Gasteiger partial charge is 0.491 e. The summed E-state index contributed by atoms with van der Waals surface area (Å²) in [4.78, 5) is 11.8. The average Bonchev–Trinajstić information content (AvgIpc) is 2.36. The maximum Gasteiger partial charge on any atom is 0.326 e. The van der Waals surface area contributed by atoms with Gasteiger partial charge in [-0.25, -0.2) is 0 Å². The van der Waals surface area contributed by atoms with E-state index in [1.54, 1.807) is 6.92 Å². The summed E-state index contributed by atoms with van der Waals surface area (Å²) in [7, 11) is 0. The van der Waals surface area contributed by atoms with Gasteiger partial charge in [-0.15, -0.1) is 0 Å². The number of benzene rings is 1. The minimum absolute atomic E-state index is 0.190. The smallest absolute Gasteiger partial charge is 0.326 e. The van der Waals surface area contributed by atoms with E-state index in [2.05, 4.69) is 5.32 Å². The summed E-state index contributed by atoms with van der Waals surface area (Å²) < 4.78 is 10.7. The van der Waals surface area contributed by atoms with Gasteiger partial charge in [0.05, 0.1) is 6.61 Å². The molecule has 0 radical (unpaired) electrons. The molecule has 0 spiro atoms. The molecular formula is C15H23NO3. The lowest BCUT2D eigenvalue weighted by Crippen LogP contribution is -2.45. The minimum Gasteiger partial charge on any atom is -0.491 e. The first-order valence-corrected chi connectivity index (χ1v) is 6.65. The molecule has 0 heterocycles. The second-order valence-corrected chi connectivity index (χ2v) is 4.70. The molecule has 1 atom stereocenters. The fourth-order valence-electron chi connectivity index (χ4n) is 1.72. The number of para-hydroxylation sites is 1. The Morgan fingerprint density at radius 3 is 2.58 bits per heavy atom. The summed E-state index contributed by atoms with van der Waals surface area (Å²) in [5.74, 6) is 0.520. The van der Waals surface area contributed by atoms with Crippen LogP contribution in [0.15, 0.2) is 24.3 Å². The predicted molar refractivity (Wildman–Crippen MR) is 75.4 cm³/mol. The van der Waals surface area contributed by atoms with E-state index in [4.69, 9.17) is 9.47 Å². The van der Waals surface area contributed by atoms with Crippen molar-refractivity contribution in [3.8, 4) is 5.75 Å². The van der Waals surface area contributed by atoms with E-state index in [0.717, 1.165) is 11.3 Å². The maximum atomic E-state index is 11.8. The zero-order chi connectivity index (χ0) is 14.3. The number of ether oxygens (including phenoxy) is 2. The molecule has 1 aromatic rings. The highest BCUT2D eigenvalue weighted by atomic mass is 16.5. The molecule has 4 nitrogen and oxygen atoms in total. The van der Waals surface area contributed by atoms with Gasteiger partial charge in [-0.3, -0.25) is 10.1 Å². The summed E-state index contributed by atoms with van der Waals surface area (Å²) in [5.41, 5.74) is 1.05. The molecule has 1 unspecified atom stereocenters. The number of carbonyl (C=O) groups is 1. The van der Waals surface area contributed by atoms with Crippen molar-refractivity contribution in [2.45, 2.75) is 39.8 Å². The van der Waals surface area contributed by atoms with Crippen molar-refractivity contribution in [2.24, 2.45) is 0 Å². The molecule has 0 saturated carbocycles. The van der Waals surface area contributed by atoms with Crippen LogP contribution < -0.4 is 10.1 Å². The second kappa shape index (κ2) is 7.79. The number of esters is 1. The van der Waals surface area contributed by atoms with E-state index in [9.17, 15) is 4.79 Å². The molecule has 0 amide bonds. The van der Waals surface area contributed by atoms with Gasteiger partial charge in [-0.05, 0) is 25.5 Å². The Morgan fingerprint density at radius 1 is 1.32 bits per heavy atom. The Kier molecular flexibility index (Phi) is 6.36. The number of hydrogen-bond donors (Lipinski definition) is 1. The summed E-state index contributed by atoms with van der Waals surface area (Å²) in [6.45, 7) is 8.39. The second-order valence-electron chi connectivity index (χ2n) is 4.70. The van der Waals surface area contributed by atoms with Crippen molar-refractivity contribution in [3.63, 3.8) is 0 Å². The molecular weight excluding hydrogens is 242 g/mol. The minimum atomic E-state index is -0.445. The molecule has 4 heteroatoms. The Hall–Kier alpha value is -1.55. The SMILES string of the molecule is CCOC(=O)C(COc1ccccc1C)NC(C)C. The topological polar surface area (TPSA) is 47.6 Å². The summed E-state index contributed by atoms with van der Waals surface area (Å²) in [5, 5.41) is 3.15. The van der Waals surface area contributed by atoms with Crippen molar-refractivity contribution in [2.75, 3.05) is 13.2 Å². The average molecular weight is 265 g/mol. The lowest BCUT2D eigenvalue weighted by molar-refractivity contribution is -0.146. The molecule has 19 heavy (non-hydrogen) atoms. The highest BCUT2D eigenvalue weighted by Crippen LogP contribution is 2.16.